The van der Waals surface area contributed by atoms with Crippen LogP contribution in [0.1, 0.15) is 24.7 Å². The molecule has 2 rings (SSSR count). The van der Waals surface area contributed by atoms with Gasteiger partial charge in [0.1, 0.15) is 23.9 Å². The molecule has 0 bridgehead atoms. The van der Waals surface area contributed by atoms with Gasteiger partial charge in [-0.05, 0) is 36.8 Å². The highest BCUT2D eigenvalue weighted by Crippen LogP contribution is 2.20. The van der Waals surface area contributed by atoms with Crippen LogP contribution in [-0.4, -0.2) is 6.61 Å². The van der Waals surface area contributed by atoms with Crippen LogP contribution in [-0.2, 0) is 13.2 Å². The molecule has 0 aliphatic rings. The summed E-state index contributed by atoms with van der Waals surface area (Å²) in [4.78, 5) is 0. The molecular weight excluding hydrogens is 242 g/mol. The summed E-state index contributed by atoms with van der Waals surface area (Å²) in [6, 6.07) is 9.43. The molecule has 0 saturated carbocycles. The van der Waals surface area contributed by atoms with Crippen molar-refractivity contribution >= 4 is 0 Å². The predicted octanol–water partition coefficient (Wildman–Crippen LogP) is 3.11. The molecule has 1 aromatic carbocycles. The smallest absolute Gasteiger partial charge is 0.146 e. The Labute approximate surface area is 113 Å². The van der Waals surface area contributed by atoms with Gasteiger partial charge in [0.25, 0.3) is 0 Å². The van der Waals surface area contributed by atoms with Crippen LogP contribution in [0.3, 0.4) is 0 Å². The largest absolute Gasteiger partial charge is 0.494 e. The highest BCUT2D eigenvalue weighted by Gasteiger charge is 2.05. The Bertz CT molecular complexity index is 490. The third-order valence-corrected chi connectivity index (χ3v) is 2.72. The number of rotatable bonds is 7. The standard InChI is InChI=1S/C15H19NO3/c1-2-8-17-13-3-5-14(6-4-13)19-11-15-12(10-16)7-9-18-15/h3-7,9H,2,8,10-11,16H2,1H3. The van der Waals surface area contributed by atoms with E-state index in [1.807, 2.05) is 30.3 Å². The fraction of sp³-hybridized carbons (Fsp3) is 0.333. The average molecular weight is 261 g/mol. The van der Waals surface area contributed by atoms with Gasteiger partial charge >= 0.3 is 0 Å². The number of furan rings is 1. The Morgan fingerprint density at radius 3 is 2.37 bits per heavy atom. The third kappa shape index (κ3) is 3.76. The zero-order valence-electron chi connectivity index (χ0n) is 11.1. The van der Waals surface area contributed by atoms with Crippen LogP contribution in [0.5, 0.6) is 11.5 Å². The summed E-state index contributed by atoms with van der Waals surface area (Å²) in [5.41, 5.74) is 6.57. The van der Waals surface area contributed by atoms with Gasteiger partial charge in [0.15, 0.2) is 0 Å². The van der Waals surface area contributed by atoms with Gasteiger partial charge in [-0.2, -0.15) is 0 Å². The lowest BCUT2D eigenvalue weighted by Crippen LogP contribution is -2.02. The Morgan fingerprint density at radius 2 is 1.74 bits per heavy atom. The summed E-state index contributed by atoms with van der Waals surface area (Å²) >= 11 is 0. The molecule has 0 aliphatic carbocycles. The first-order chi connectivity index (χ1) is 9.33. The van der Waals surface area contributed by atoms with Crippen molar-refractivity contribution in [3.05, 3.63) is 47.9 Å². The normalized spacial score (nSPS) is 10.4. The molecule has 0 saturated heterocycles. The molecule has 0 unspecified atom stereocenters. The van der Waals surface area contributed by atoms with Gasteiger partial charge in [-0.3, -0.25) is 0 Å². The van der Waals surface area contributed by atoms with Crippen LogP contribution >= 0.6 is 0 Å². The molecule has 4 heteroatoms. The van der Waals surface area contributed by atoms with Crippen LogP contribution in [0.2, 0.25) is 0 Å². The molecule has 0 atom stereocenters. The lowest BCUT2D eigenvalue weighted by molar-refractivity contribution is 0.267. The molecule has 0 aliphatic heterocycles. The molecule has 4 nitrogen and oxygen atoms in total. The number of hydrogen-bond donors (Lipinski definition) is 1. The first-order valence-corrected chi connectivity index (χ1v) is 6.44. The van der Waals surface area contributed by atoms with E-state index in [1.54, 1.807) is 6.26 Å². The van der Waals surface area contributed by atoms with E-state index < -0.39 is 0 Å². The molecule has 0 amide bonds. The first-order valence-electron chi connectivity index (χ1n) is 6.44. The molecule has 19 heavy (non-hydrogen) atoms. The Morgan fingerprint density at radius 1 is 1.05 bits per heavy atom. The van der Waals surface area contributed by atoms with E-state index in [1.165, 1.54) is 0 Å². The molecule has 0 radical (unpaired) electrons. The quantitative estimate of drug-likeness (QED) is 0.832. The van der Waals surface area contributed by atoms with Gasteiger partial charge < -0.3 is 19.6 Å². The second kappa shape index (κ2) is 6.85. The van der Waals surface area contributed by atoms with E-state index in [2.05, 4.69) is 6.92 Å². The lowest BCUT2D eigenvalue weighted by Gasteiger charge is -2.07. The van der Waals surface area contributed by atoms with Crippen molar-refractivity contribution in [2.45, 2.75) is 26.5 Å². The monoisotopic (exact) mass is 261 g/mol. The van der Waals surface area contributed by atoms with Crippen molar-refractivity contribution in [3.63, 3.8) is 0 Å². The second-order valence-electron chi connectivity index (χ2n) is 4.18. The van der Waals surface area contributed by atoms with Crippen molar-refractivity contribution < 1.29 is 13.9 Å². The molecule has 1 aromatic heterocycles. The minimum atomic E-state index is 0.384. The number of nitrogens with two attached hydrogens (primary N) is 1. The Hall–Kier alpha value is -1.94. The fourth-order valence-corrected chi connectivity index (χ4v) is 1.68. The van der Waals surface area contributed by atoms with Crippen molar-refractivity contribution in [3.8, 4) is 11.5 Å². The molecule has 2 aromatic rings. The van der Waals surface area contributed by atoms with Gasteiger partial charge in [-0.25, -0.2) is 0 Å². The van der Waals surface area contributed by atoms with Gasteiger partial charge in [0.05, 0.1) is 12.9 Å². The van der Waals surface area contributed by atoms with E-state index in [-0.39, 0.29) is 0 Å². The van der Waals surface area contributed by atoms with Crippen molar-refractivity contribution in [1.29, 1.82) is 0 Å². The van der Waals surface area contributed by atoms with E-state index in [0.717, 1.165) is 35.9 Å². The first kappa shape index (κ1) is 13.5. The van der Waals surface area contributed by atoms with E-state index in [9.17, 15) is 0 Å². The number of ether oxygens (including phenoxy) is 2. The minimum Gasteiger partial charge on any atom is -0.494 e. The van der Waals surface area contributed by atoms with Crippen molar-refractivity contribution in [2.24, 2.45) is 5.73 Å². The highest BCUT2D eigenvalue weighted by molar-refractivity contribution is 5.31. The van der Waals surface area contributed by atoms with Crippen LogP contribution in [0.4, 0.5) is 0 Å². The van der Waals surface area contributed by atoms with Gasteiger partial charge in [-0.15, -0.1) is 0 Å². The van der Waals surface area contributed by atoms with Gasteiger partial charge in [0.2, 0.25) is 0 Å². The summed E-state index contributed by atoms with van der Waals surface area (Å²) < 4.78 is 16.5. The lowest BCUT2D eigenvalue weighted by atomic mass is 10.2. The minimum absolute atomic E-state index is 0.384. The van der Waals surface area contributed by atoms with E-state index >= 15 is 0 Å². The SMILES string of the molecule is CCCOc1ccc(OCc2occc2CN)cc1. The molecule has 102 valence electrons. The summed E-state index contributed by atoms with van der Waals surface area (Å²) in [5, 5.41) is 0. The zero-order valence-corrected chi connectivity index (χ0v) is 11.1. The Kier molecular flexibility index (Phi) is 4.86. The van der Waals surface area contributed by atoms with Gasteiger partial charge in [-0.1, -0.05) is 6.92 Å². The van der Waals surface area contributed by atoms with Crippen molar-refractivity contribution in [2.75, 3.05) is 6.61 Å². The molecule has 0 spiro atoms. The summed E-state index contributed by atoms with van der Waals surface area (Å²) in [6.45, 7) is 3.65. The topological polar surface area (TPSA) is 57.6 Å². The van der Waals surface area contributed by atoms with Crippen LogP contribution in [0.15, 0.2) is 41.0 Å². The zero-order chi connectivity index (χ0) is 13.5. The summed E-state index contributed by atoms with van der Waals surface area (Å²) in [7, 11) is 0. The highest BCUT2D eigenvalue weighted by atomic mass is 16.5. The van der Waals surface area contributed by atoms with E-state index in [4.69, 9.17) is 19.6 Å². The number of benzene rings is 1. The molecule has 1 heterocycles. The molecule has 2 N–H and O–H groups in total. The maximum Gasteiger partial charge on any atom is 0.146 e. The second-order valence-corrected chi connectivity index (χ2v) is 4.18. The summed E-state index contributed by atoms with van der Waals surface area (Å²) in [6.07, 6.45) is 2.63. The van der Waals surface area contributed by atoms with Crippen LogP contribution < -0.4 is 15.2 Å². The van der Waals surface area contributed by atoms with E-state index in [0.29, 0.717) is 13.2 Å². The molecule has 0 fully saturated rings. The van der Waals surface area contributed by atoms with Crippen LogP contribution in [0, 0.1) is 0 Å². The van der Waals surface area contributed by atoms with Crippen molar-refractivity contribution in [1.82, 2.24) is 0 Å². The maximum absolute atomic E-state index is 5.65. The predicted molar refractivity (Wildman–Crippen MR) is 73.2 cm³/mol. The average Bonchev–Trinajstić information content (AvgIpc) is 2.91. The maximum atomic E-state index is 5.65. The third-order valence-electron chi connectivity index (χ3n) is 2.72. The van der Waals surface area contributed by atoms with Crippen LogP contribution in [0.25, 0.3) is 0 Å². The van der Waals surface area contributed by atoms with Gasteiger partial charge in [0, 0.05) is 12.1 Å². The number of hydrogen-bond acceptors (Lipinski definition) is 4. The molecular formula is C15H19NO3. The fourth-order valence-electron chi connectivity index (χ4n) is 1.68. The Balaban J connectivity index is 1.89. The summed E-state index contributed by atoms with van der Waals surface area (Å²) in [5.74, 6) is 2.41.